The van der Waals surface area contributed by atoms with Gasteiger partial charge in [0, 0.05) is 16.6 Å². The molecule has 0 saturated heterocycles. The zero-order valence-electron chi connectivity index (χ0n) is 27.5. The Labute approximate surface area is 292 Å². The molecule has 0 bridgehead atoms. The van der Waals surface area contributed by atoms with E-state index in [0.29, 0.717) is 0 Å². The minimum atomic E-state index is -0.0619. The molecule has 0 amide bonds. The second kappa shape index (κ2) is 13.0. The molecular formula is C47H35N3. The van der Waals surface area contributed by atoms with E-state index in [1.54, 1.807) is 0 Å². The predicted octanol–water partition coefficient (Wildman–Crippen LogP) is 11.4. The summed E-state index contributed by atoms with van der Waals surface area (Å²) in [5.41, 5.74) is 12.5. The summed E-state index contributed by atoms with van der Waals surface area (Å²) in [5.74, 6) is 0. The molecule has 2 N–H and O–H groups in total. The predicted molar refractivity (Wildman–Crippen MR) is 208 cm³/mol. The van der Waals surface area contributed by atoms with Crippen LogP contribution in [0, 0.1) is 0 Å². The maximum atomic E-state index is 5.22. The summed E-state index contributed by atoms with van der Waals surface area (Å²) in [7, 11) is 0. The third-order valence-corrected chi connectivity index (χ3v) is 9.74. The molecule has 0 radical (unpaired) electrons. The van der Waals surface area contributed by atoms with Gasteiger partial charge in [-0.2, -0.15) is 0 Å². The molecule has 8 aromatic rings. The molecule has 238 valence electrons. The van der Waals surface area contributed by atoms with Crippen molar-refractivity contribution in [1.82, 2.24) is 15.6 Å². The van der Waals surface area contributed by atoms with Crippen LogP contribution in [0.3, 0.4) is 0 Å². The van der Waals surface area contributed by atoms with Gasteiger partial charge in [0.1, 0.15) is 6.17 Å². The quantitative estimate of drug-likeness (QED) is 0.177. The minimum Gasteiger partial charge on any atom is -0.366 e. The van der Waals surface area contributed by atoms with Gasteiger partial charge >= 0.3 is 0 Å². The van der Waals surface area contributed by atoms with Crippen molar-refractivity contribution in [1.29, 1.82) is 0 Å². The standard InChI is InChI=1S/C47H35N3/c1-5-13-32(14-6-1)33-21-24-37(25-22-33)44-31-45(50-47(49-44)38-19-11-4-12-20-38)39-26-23-35-27-28-42-46(40(35)29-39)41(34-15-7-2-8-16-34)30-43(48-42)36-17-9-3-10-18-36/h1-31,45,47,49-50H. The number of hydrogen-bond donors (Lipinski definition) is 2. The van der Waals surface area contributed by atoms with E-state index in [9.17, 15) is 0 Å². The topological polar surface area (TPSA) is 37.0 Å². The van der Waals surface area contributed by atoms with Gasteiger partial charge < -0.3 is 5.32 Å². The van der Waals surface area contributed by atoms with Crippen molar-refractivity contribution in [2.45, 2.75) is 12.2 Å². The molecule has 7 aromatic carbocycles. The highest BCUT2D eigenvalue weighted by molar-refractivity contribution is 6.14. The van der Waals surface area contributed by atoms with Gasteiger partial charge in [0.25, 0.3) is 0 Å². The minimum absolute atomic E-state index is 0.0263. The second-order valence-electron chi connectivity index (χ2n) is 12.9. The first-order chi connectivity index (χ1) is 24.8. The van der Waals surface area contributed by atoms with E-state index in [1.807, 2.05) is 0 Å². The summed E-state index contributed by atoms with van der Waals surface area (Å²) in [5, 5.41) is 11.3. The van der Waals surface area contributed by atoms with Crippen LogP contribution in [0.1, 0.15) is 28.9 Å². The van der Waals surface area contributed by atoms with Gasteiger partial charge in [0.05, 0.1) is 17.3 Å². The lowest BCUT2D eigenvalue weighted by atomic mass is 9.91. The molecular weight excluding hydrogens is 607 g/mol. The monoisotopic (exact) mass is 641 g/mol. The van der Waals surface area contributed by atoms with Crippen molar-refractivity contribution < 1.29 is 0 Å². The van der Waals surface area contributed by atoms with Gasteiger partial charge in [0.15, 0.2) is 0 Å². The van der Waals surface area contributed by atoms with Crippen LogP contribution in [0.2, 0.25) is 0 Å². The molecule has 1 aliphatic rings. The lowest BCUT2D eigenvalue weighted by molar-refractivity contribution is 0.443. The van der Waals surface area contributed by atoms with Crippen LogP contribution in [-0.4, -0.2) is 4.98 Å². The molecule has 1 aromatic heterocycles. The van der Waals surface area contributed by atoms with Crippen LogP contribution in [-0.2, 0) is 0 Å². The summed E-state index contributed by atoms with van der Waals surface area (Å²) in [4.78, 5) is 5.22. The van der Waals surface area contributed by atoms with E-state index in [2.05, 4.69) is 199 Å². The van der Waals surface area contributed by atoms with Crippen LogP contribution < -0.4 is 10.6 Å². The van der Waals surface area contributed by atoms with Gasteiger partial charge in [-0.3, -0.25) is 5.32 Å². The zero-order valence-corrected chi connectivity index (χ0v) is 27.5. The first-order valence-electron chi connectivity index (χ1n) is 17.2. The highest BCUT2D eigenvalue weighted by atomic mass is 15.2. The van der Waals surface area contributed by atoms with Crippen LogP contribution in [0.5, 0.6) is 0 Å². The summed E-state index contributed by atoms with van der Waals surface area (Å²) < 4.78 is 0. The van der Waals surface area contributed by atoms with E-state index in [1.165, 1.54) is 49.5 Å². The third kappa shape index (κ3) is 5.74. The van der Waals surface area contributed by atoms with Gasteiger partial charge in [-0.05, 0) is 74.0 Å². The Morgan fingerprint density at radius 2 is 1.04 bits per heavy atom. The van der Waals surface area contributed by atoms with Crippen molar-refractivity contribution in [2.24, 2.45) is 0 Å². The Morgan fingerprint density at radius 3 is 1.74 bits per heavy atom. The molecule has 50 heavy (non-hydrogen) atoms. The molecule has 1 aliphatic heterocycles. The van der Waals surface area contributed by atoms with Gasteiger partial charge in [-0.15, -0.1) is 0 Å². The average molecular weight is 642 g/mol. The number of rotatable bonds is 6. The Bertz CT molecular complexity index is 2460. The third-order valence-electron chi connectivity index (χ3n) is 9.74. The van der Waals surface area contributed by atoms with Crippen LogP contribution >= 0.6 is 0 Å². The molecule has 3 nitrogen and oxygen atoms in total. The number of nitrogens with one attached hydrogen (secondary N) is 2. The SMILES string of the molecule is C1=C(c2ccc(-c3ccccc3)cc2)NC(c2ccccc2)NC1c1ccc2ccc3nc(-c4ccccc4)cc(-c4ccccc4)c3c2c1. The maximum absolute atomic E-state index is 5.22. The van der Waals surface area contributed by atoms with Crippen molar-refractivity contribution in [3.05, 3.63) is 205 Å². The maximum Gasteiger partial charge on any atom is 0.104 e. The van der Waals surface area contributed by atoms with E-state index in [4.69, 9.17) is 4.98 Å². The van der Waals surface area contributed by atoms with E-state index < -0.39 is 0 Å². The van der Waals surface area contributed by atoms with Gasteiger partial charge in [-0.25, -0.2) is 4.98 Å². The average Bonchev–Trinajstić information content (AvgIpc) is 3.21. The zero-order chi connectivity index (χ0) is 33.3. The van der Waals surface area contributed by atoms with E-state index in [0.717, 1.165) is 28.0 Å². The number of aromatic nitrogens is 1. The van der Waals surface area contributed by atoms with Crippen LogP contribution in [0.15, 0.2) is 188 Å². The fourth-order valence-electron chi connectivity index (χ4n) is 7.18. The molecule has 2 unspecified atom stereocenters. The lowest BCUT2D eigenvalue weighted by Crippen LogP contribution is -2.39. The molecule has 0 saturated carbocycles. The fraction of sp³-hybridized carbons (Fsp3) is 0.0426. The molecule has 0 aliphatic carbocycles. The van der Waals surface area contributed by atoms with E-state index in [-0.39, 0.29) is 12.2 Å². The normalized spacial score (nSPS) is 15.8. The lowest BCUT2D eigenvalue weighted by Gasteiger charge is -2.33. The summed E-state index contributed by atoms with van der Waals surface area (Å²) in [6.07, 6.45) is 2.26. The summed E-state index contributed by atoms with van der Waals surface area (Å²) in [6.45, 7) is 0. The molecule has 0 fully saturated rings. The van der Waals surface area contributed by atoms with Crippen LogP contribution in [0.25, 0.3) is 60.9 Å². The first kappa shape index (κ1) is 29.8. The Hall–Kier alpha value is -6.29. The molecule has 9 rings (SSSR count). The second-order valence-corrected chi connectivity index (χ2v) is 12.9. The van der Waals surface area contributed by atoms with Crippen LogP contribution in [0.4, 0.5) is 0 Å². The highest BCUT2D eigenvalue weighted by Gasteiger charge is 2.25. The van der Waals surface area contributed by atoms with Crippen molar-refractivity contribution in [3.8, 4) is 33.5 Å². The summed E-state index contributed by atoms with van der Waals surface area (Å²) >= 11 is 0. The highest BCUT2D eigenvalue weighted by Crippen LogP contribution is 2.39. The smallest absolute Gasteiger partial charge is 0.104 e. The number of pyridine rings is 1. The van der Waals surface area contributed by atoms with Crippen molar-refractivity contribution in [2.75, 3.05) is 0 Å². The number of hydrogen-bond acceptors (Lipinski definition) is 3. The number of nitrogens with zero attached hydrogens (tertiary/aromatic N) is 1. The van der Waals surface area contributed by atoms with Gasteiger partial charge in [0.2, 0.25) is 0 Å². The first-order valence-corrected chi connectivity index (χ1v) is 17.2. The largest absolute Gasteiger partial charge is 0.366 e. The molecule has 2 atom stereocenters. The van der Waals surface area contributed by atoms with Crippen molar-refractivity contribution in [3.63, 3.8) is 0 Å². The number of benzene rings is 7. The fourth-order valence-corrected chi connectivity index (χ4v) is 7.18. The molecule has 2 heterocycles. The number of fused-ring (bicyclic) bond motifs is 3. The Kier molecular flexibility index (Phi) is 7.73. The van der Waals surface area contributed by atoms with Crippen molar-refractivity contribution >= 4 is 27.4 Å². The van der Waals surface area contributed by atoms with Gasteiger partial charge in [-0.1, -0.05) is 164 Å². The molecule has 0 spiro atoms. The van der Waals surface area contributed by atoms with E-state index >= 15 is 0 Å². The Morgan fingerprint density at radius 1 is 0.460 bits per heavy atom. The Balaban J connectivity index is 1.18. The molecule has 3 heteroatoms. The summed E-state index contributed by atoms with van der Waals surface area (Å²) in [6, 6.07) is 64.7.